The van der Waals surface area contributed by atoms with Crippen molar-refractivity contribution in [2.75, 3.05) is 13.2 Å². The maximum Gasteiger partial charge on any atom is 0.338 e. The van der Waals surface area contributed by atoms with E-state index in [1.165, 1.54) is 13.8 Å². The molecule has 8 nitrogen and oxygen atoms in total. The van der Waals surface area contributed by atoms with Crippen molar-refractivity contribution >= 4 is 17.9 Å². The van der Waals surface area contributed by atoms with E-state index in [1.54, 1.807) is 30.3 Å². The van der Waals surface area contributed by atoms with Crippen LogP contribution in [0.4, 0.5) is 0 Å². The average Bonchev–Trinajstić information content (AvgIpc) is 2.88. The molecule has 136 valence electrons. The van der Waals surface area contributed by atoms with E-state index in [9.17, 15) is 14.4 Å². The molecule has 1 saturated heterocycles. The first-order valence-electron chi connectivity index (χ1n) is 7.84. The Hall–Kier alpha value is -2.45. The Morgan fingerprint density at radius 2 is 1.72 bits per heavy atom. The zero-order valence-electron chi connectivity index (χ0n) is 14.0. The summed E-state index contributed by atoms with van der Waals surface area (Å²) in [4.78, 5) is 34.6. The van der Waals surface area contributed by atoms with Gasteiger partial charge >= 0.3 is 17.9 Å². The van der Waals surface area contributed by atoms with Gasteiger partial charge in [0.25, 0.3) is 0 Å². The van der Waals surface area contributed by atoms with Crippen LogP contribution in [0.3, 0.4) is 0 Å². The van der Waals surface area contributed by atoms with Gasteiger partial charge in [-0.2, -0.15) is 0 Å². The molecule has 0 saturated carbocycles. The first kappa shape index (κ1) is 18.9. The van der Waals surface area contributed by atoms with Crippen molar-refractivity contribution in [1.82, 2.24) is 0 Å². The van der Waals surface area contributed by atoms with E-state index in [1.807, 2.05) is 0 Å². The molecule has 1 unspecified atom stereocenters. The molecule has 0 aliphatic carbocycles. The normalized spacial score (nSPS) is 25.2. The SMILES string of the molecule is CC(=O)OC1O[C@H](COC(=O)c2ccccc2)[C@@H](CN)[C@H]1OC(C)=O. The lowest BCUT2D eigenvalue weighted by molar-refractivity contribution is -0.195. The second-order valence-electron chi connectivity index (χ2n) is 5.59. The molecule has 1 aliphatic rings. The van der Waals surface area contributed by atoms with Crippen LogP contribution in [0.15, 0.2) is 30.3 Å². The topological polar surface area (TPSA) is 114 Å². The van der Waals surface area contributed by atoms with E-state index in [4.69, 9.17) is 24.7 Å². The molecule has 2 rings (SSSR count). The maximum atomic E-state index is 12.0. The van der Waals surface area contributed by atoms with E-state index in [2.05, 4.69) is 0 Å². The summed E-state index contributed by atoms with van der Waals surface area (Å²) in [6, 6.07) is 8.48. The highest BCUT2D eigenvalue weighted by Gasteiger charge is 2.48. The third kappa shape index (κ3) is 5.01. The monoisotopic (exact) mass is 351 g/mol. The van der Waals surface area contributed by atoms with Crippen molar-refractivity contribution in [2.45, 2.75) is 32.3 Å². The summed E-state index contributed by atoms with van der Waals surface area (Å²) in [6.07, 6.45) is -2.60. The van der Waals surface area contributed by atoms with Gasteiger partial charge < -0.3 is 24.7 Å². The smallest absolute Gasteiger partial charge is 0.338 e. The van der Waals surface area contributed by atoms with E-state index in [0.717, 1.165) is 0 Å². The Kier molecular flexibility index (Phi) is 6.49. The minimum Gasteiger partial charge on any atom is -0.459 e. The van der Waals surface area contributed by atoms with E-state index in [-0.39, 0.29) is 13.2 Å². The summed E-state index contributed by atoms with van der Waals surface area (Å²) in [7, 11) is 0. The summed E-state index contributed by atoms with van der Waals surface area (Å²) in [5.41, 5.74) is 6.15. The zero-order chi connectivity index (χ0) is 18.4. The van der Waals surface area contributed by atoms with Gasteiger partial charge in [-0.25, -0.2) is 4.79 Å². The molecule has 2 N–H and O–H groups in total. The van der Waals surface area contributed by atoms with Crippen LogP contribution in [-0.2, 0) is 28.5 Å². The summed E-state index contributed by atoms with van der Waals surface area (Å²) in [5, 5.41) is 0. The minimum atomic E-state index is -1.09. The Labute approximate surface area is 145 Å². The lowest BCUT2D eigenvalue weighted by Gasteiger charge is -2.21. The molecule has 1 aromatic carbocycles. The van der Waals surface area contributed by atoms with Crippen molar-refractivity contribution in [1.29, 1.82) is 0 Å². The Morgan fingerprint density at radius 1 is 1.08 bits per heavy atom. The number of hydrogen-bond donors (Lipinski definition) is 1. The first-order valence-corrected chi connectivity index (χ1v) is 7.84. The number of carbonyl (C=O) groups is 3. The predicted octanol–water partition coefficient (Wildman–Crippen LogP) is 0.638. The largest absolute Gasteiger partial charge is 0.459 e. The van der Waals surface area contributed by atoms with Gasteiger partial charge in [0, 0.05) is 26.3 Å². The number of carbonyl (C=O) groups excluding carboxylic acids is 3. The van der Waals surface area contributed by atoms with Crippen molar-refractivity contribution in [2.24, 2.45) is 11.7 Å². The zero-order valence-corrected chi connectivity index (χ0v) is 14.0. The van der Waals surface area contributed by atoms with Crippen molar-refractivity contribution in [3.8, 4) is 0 Å². The first-order chi connectivity index (χ1) is 11.9. The highest BCUT2D eigenvalue weighted by molar-refractivity contribution is 5.89. The van der Waals surface area contributed by atoms with Gasteiger partial charge in [0.1, 0.15) is 12.7 Å². The molecule has 0 amide bonds. The van der Waals surface area contributed by atoms with Crippen LogP contribution < -0.4 is 5.73 Å². The molecule has 1 heterocycles. The summed E-state index contributed by atoms with van der Waals surface area (Å²) < 4.78 is 21.1. The standard InChI is InChI=1S/C17H21NO7/c1-10(19)23-15-13(8-18)14(25-17(15)24-11(2)20)9-22-16(21)12-6-4-3-5-7-12/h3-7,13-15,17H,8-9,18H2,1-2H3/t13-,14-,15-,17?/m1/s1. The van der Waals surface area contributed by atoms with Gasteiger partial charge in [-0.15, -0.1) is 0 Å². The fourth-order valence-corrected chi connectivity index (χ4v) is 2.62. The molecule has 0 bridgehead atoms. The molecule has 0 radical (unpaired) electrons. The molecule has 1 fully saturated rings. The highest BCUT2D eigenvalue weighted by atomic mass is 16.7. The Balaban J connectivity index is 2.04. The lowest BCUT2D eigenvalue weighted by atomic mass is 9.99. The second kappa shape index (κ2) is 8.59. The van der Waals surface area contributed by atoms with E-state index < -0.39 is 42.3 Å². The van der Waals surface area contributed by atoms with Crippen molar-refractivity contribution < 1.29 is 33.3 Å². The number of rotatable bonds is 6. The van der Waals surface area contributed by atoms with E-state index >= 15 is 0 Å². The van der Waals surface area contributed by atoms with Gasteiger partial charge in [-0.05, 0) is 12.1 Å². The molecular weight excluding hydrogens is 330 g/mol. The van der Waals surface area contributed by atoms with Crippen molar-refractivity contribution in [3.63, 3.8) is 0 Å². The van der Waals surface area contributed by atoms with Gasteiger partial charge in [-0.1, -0.05) is 18.2 Å². The van der Waals surface area contributed by atoms with Gasteiger partial charge in [0.2, 0.25) is 6.29 Å². The fourth-order valence-electron chi connectivity index (χ4n) is 2.62. The molecule has 25 heavy (non-hydrogen) atoms. The molecule has 8 heteroatoms. The number of benzene rings is 1. The highest BCUT2D eigenvalue weighted by Crippen LogP contribution is 2.30. The molecule has 0 spiro atoms. The number of ether oxygens (including phenoxy) is 4. The third-order valence-electron chi connectivity index (χ3n) is 3.72. The molecule has 1 aromatic rings. The van der Waals surface area contributed by atoms with Gasteiger partial charge in [0.05, 0.1) is 5.56 Å². The van der Waals surface area contributed by atoms with Gasteiger partial charge in [0.15, 0.2) is 6.10 Å². The van der Waals surface area contributed by atoms with Crippen LogP contribution in [0.25, 0.3) is 0 Å². The van der Waals surface area contributed by atoms with Crippen LogP contribution in [0.5, 0.6) is 0 Å². The minimum absolute atomic E-state index is 0.100. The summed E-state index contributed by atoms with van der Waals surface area (Å²) in [6.45, 7) is 2.45. The summed E-state index contributed by atoms with van der Waals surface area (Å²) >= 11 is 0. The van der Waals surface area contributed by atoms with Crippen LogP contribution in [0, 0.1) is 5.92 Å². The maximum absolute atomic E-state index is 12.0. The van der Waals surface area contributed by atoms with Crippen LogP contribution in [0.1, 0.15) is 24.2 Å². The third-order valence-corrected chi connectivity index (χ3v) is 3.72. The van der Waals surface area contributed by atoms with Crippen LogP contribution in [-0.4, -0.2) is 49.6 Å². The Bertz CT molecular complexity index is 619. The average molecular weight is 351 g/mol. The second-order valence-corrected chi connectivity index (χ2v) is 5.59. The fraction of sp³-hybridized carbons (Fsp3) is 0.471. The number of nitrogens with two attached hydrogens (primary N) is 1. The summed E-state index contributed by atoms with van der Waals surface area (Å²) in [5.74, 6) is -2.12. The Morgan fingerprint density at radius 3 is 2.28 bits per heavy atom. The number of esters is 3. The van der Waals surface area contributed by atoms with Gasteiger partial charge in [-0.3, -0.25) is 9.59 Å². The predicted molar refractivity (Wildman–Crippen MR) is 85.2 cm³/mol. The quantitative estimate of drug-likeness (QED) is 0.586. The van der Waals surface area contributed by atoms with Crippen LogP contribution in [0.2, 0.25) is 0 Å². The van der Waals surface area contributed by atoms with E-state index in [0.29, 0.717) is 5.56 Å². The lowest BCUT2D eigenvalue weighted by Crippen LogP contribution is -2.39. The molecule has 4 atom stereocenters. The van der Waals surface area contributed by atoms with Crippen LogP contribution >= 0.6 is 0 Å². The van der Waals surface area contributed by atoms with Crippen molar-refractivity contribution in [3.05, 3.63) is 35.9 Å². The molecule has 0 aromatic heterocycles. The number of hydrogen-bond acceptors (Lipinski definition) is 8. The molecular formula is C17H21NO7. The molecule has 1 aliphatic heterocycles.